The number of amidine groups is 1. The zero-order valence-corrected chi connectivity index (χ0v) is 13.8. The number of rotatable bonds is 3. The molecule has 6 nitrogen and oxygen atoms in total. The van der Waals surface area contributed by atoms with Crippen molar-refractivity contribution in [1.29, 1.82) is 0 Å². The van der Waals surface area contributed by atoms with Gasteiger partial charge in [-0.25, -0.2) is 0 Å². The van der Waals surface area contributed by atoms with Crippen LogP contribution in [0.3, 0.4) is 0 Å². The summed E-state index contributed by atoms with van der Waals surface area (Å²) in [6, 6.07) is -0.376. The molecule has 2 saturated heterocycles. The molecule has 3 rings (SSSR count). The van der Waals surface area contributed by atoms with Gasteiger partial charge in [-0.15, -0.1) is 0 Å². The number of halogens is 1. The van der Waals surface area contributed by atoms with Crippen molar-refractivity contribution in [3.05, 3.63) is 0 Å². The minimum absolute atomic E-state index is 0.221. The third kappa shape index (κ3) is 2.87. The Kier molecular flexibility index (Phi) is 4.82. The predicted molar refractivity (Wildman–Crippen MR) is 83.2 cm³/mol. The Hall–Kier alpha value is 0.740. The Bertz CT molecular complexity index is 371. The smallest absolute Gasteiger partial charge is 0.162 e. The summed E-state index contributed by atoms with van der Waals surface area (Å²) >= 11 is 3.55. The van der Waals surface area contributed by atoms with Gasteiger partial charge in [-0.1, -0.05) is 11.8 Å². The van der Waals surface area contributed by atoms with Crippen LogP contribution in [0, 0.1) is 0 Å². The number of aliphatic hydroxyl groups is 2. The molecule has 3 aliphatic heterocycles. The van der Waals surface area contributed by atoms with E-state index in [2.05, 4.69) is 9.89 Å². The van der Waals surface area contributed by atoms with Gasteiger partial charge in [0.25, 0.3) is 0 Å². The molecule has 0 radical (unpaired) electrons. The molecule has 0 aromatic carbocycles. The summed E-state index contributed by atoms with van der Waals surface area (Å²) in [4.78, 5) is 6.68. The lowest BCUT2D eigenvalue weighted by atomic mass is 9.99. The molecule has 0 bridgehead atoms. The molecular weight excluding hydrogens is 403 g/mol. The van der Waals surface area contributed by atoms with E-state index in [0.717, 1.165) is 18.3 Å². The molecule has 0 aliphatic carbocycles. The molecule has 2 fully saturated rings. The second-order valence-corrected chi connectivity index (χ2v) is 7.24. The fourth-order valence-corrected chi connectivity index (χ4v) is 4.21. The number of nitrogens with zero attached hydrogens (tertiary/aromatic N) is 2. The van der Waals surface area contributed by atoms with E-state index in [0.29, 0.717) is 0 Å². The van der Waals surface area contributed by atoms with Crippen LogP contribution in [0.2, 0.25) is 0 Å². The third-order valence-electron chi connectivity index (χ3n) is 3.55. The lowest BCUT2D eigenvalue weighted by molar-refractivity contribution is -0.160. The van der Waals surface area contributed by atoms with Gasteiger partial charge in [-0.05, 0) is 6.42 Å². The van der Waals surface area contributed by atoms with Crippen LogP contribution in [-0.4, -0.2) is 69.8 Å². The van der Waals surface area contributed by atoms with Gasteiger partial charge >= 0.3 is 0 Å². The summed E-state index contributed by atoms with van der Waals surface area (Å²) in [6.45, 7) is 2.29. The number of hydrogen-bond donors (Lipinski definition) is 2. The second-order valence-electron chi connectivity index (χ2n) is 4.73. The number of hydrogen-bond acceptors (Lipinski definition) is 8. The van der Waals surface area contributed by atoms with Crippen molar-refractivity contribution >= 4 is 47.3 Å². The first-order valence-electron chi connectivity index (χ1n) is 6.12. The molecule has 3 heterocycles. The van der Waals surface area contributed by atoms with Crippen molar-refractivity contribution in [2.75, 3.05) is 19.7 Å². The molecule has 0 aromatic heterocycles. The molecule has 2 unspecified atom stereocenters. The van der Waals surface area contributed by atoms with Crippen LogP contribution in [0.1, 0.15) is 6.42 Å². The molecular formula is C10H15IN2O4S2. The number of aliphatic hydroxyl groups excluding tert-OH is 2. The maximum atomic E-state index is 10.2. The molecule has 0 spiro atoms. The van der Waals surface area contributed by atoms with Crippen LogP contribution in [0.25, 0.3) is 0 Å². The molecule has 3 aliphatic rings. The van der Waals surface area contributed by atoms with Crippen LogP contribution in [0.4, 0.5) is 0 Å². The van der Waals surface area contributed by atoms with Gasteiger partial charge in [-0.2, -0.15) is 0 Å². The number of fused-ring (bicyclic) bond motifs is 1. The summed E-state index contributed by atoms with van der Waals surface area (Å²) in [5.41, 5.74) is -0.221. The maximum Gasteiger partial charge on any atom is 0.162 e. The van der Waals surface area contributed by atoms with Gasteiger partial charge in [-0.3, -0.25) is 4.99 Å². The van der Waals surface area contributed by atoms with Gasteiger partial charge in [0.15, 0.2) is 5.17 Å². The summed E-state index contributed by atoms with van der Waals surface area (Å²) in [5.74, 6) is 0. The fourth-order valence-electron chi connectivity index (χ4n) is 2.31. The van der Waals surface area contributed by atoms with Crippen LogP contribution in [-0.2, 0) is 8.92 Å². The van der Waals surface area contributed by atoms with E-state index in [1.54, 1.807) is 0 Å². The average molecular weight is 418 g/mol. The van der Waals surface area contributed by atoms with Crippen molar-refractivity contribution in [2.24, 2.45) is 4.99 Å². The molecule has 5 atom stereocenters. The van der Waals surface area contributed by atoms with Crippen molar-refractivity contribution in [3.63, 3.8) is 0 Å². The highest BCUT2D eigenvalue weighted by Gasteiger charge is 2.49. The van der Waals surface area contributed by atoms with E-state index < -0.39 is 18.3 Å². The summed E-state index contributed by atoms with van der Waals surface area (Å²) in [7, 11) is 1.20. The molecule has 19 heavy (non-hydrogen) atoms. The summed E-state index contributed by atoms with van der Waals surface area (Å²) in [6.07, 6.45) is -1.16. The molecule has 0 aromatic rings. The van der Waals surface area contributed by atoms with Gasteiger partial charge in [0.1, 0.15) is 29.8 Å². The van der Waals surface area contributed by atoms with Crippen molar-refractivity contribution < 1.29 is 19.1 Å². The predicted octanol–water partition coefficient (Wildman–Crippen LogP) is 0.625. The minimum Gasteiger partial charge on any atom is -0.388 e. The van der Waals surface area contributed by atoms with Crippen LogP contribution in [0.15, 0.2) is 4.99 Å². The summed E-state index contributed by atoms with van der Waals surface area (Å²) in [5, 5.41) is 21.2. The number of ether oxygens (including phenoxy) is 1. The lowest BCUT2D eigenvalue weighted by Gasteiger charge is -2.37. The third-order valence-corrected chi connectivity index (χ3v) is 5.74. The zero-order valence-electron chi connectivity index (χ0n) is 10.0. The number of aliphatic imine (C=N–C) groups is 1. The Morgan fingerprint density at radius 3 is 2.89 bits per heavy atom. The van der Waals surface area contributed by atoms with Crippen LogP contribution in [0.5, 0.6) is 0 Å². The van der Waals surface area contributed by atoms with Crippen LogP contribution >= 0.6 is 42.2 Å². The lowest BCUT2D eigenvalue weighted by Crippen LogP contribution is -2.55. The van der Waals surface area contributed by atoms with Gasteiger partial charge < -0.3 is 24.0 Å². The Labute approximate surface area is 132 Å². The van der Waals surface area contributed by atoms with E-state index in [-0.39, 0.29) is 18.1 Å². The quantitative estimate of drug-likeness (QED) is 0.515. The van der Waals surface area contributed by atoms with E-state index in [1.807, 2.05) is 21.2 Å². The van der Waals surface area contributed by atoms with E-state index in [4.69, 9.17) is 8.92 Å². The fraction of sp³-hybridized carbons (Fsp3) is 0.900. The zero-order chi connectivity index (χ0) is 13.4. The first-order valence-corrected chi connectivity index (χ1v) is 10.3. The molecule has 2 N–H and O–H groups in total. The highest BCUT2D eigenvalue weighted by atomic mass is 127. The van der Waals surface area contributed by atoms with Crippen molar-refractivity contribution in [2.45, 2.75) is 36.2 Å². The van der Waals surface area contributed by atoms with Crippen LogP contribution < -0.4 is 0 Å². The Morgan fingerprint density at radius 2 is 2.26 bits per heavy atom. The standard InChI is InChI=1S/C10H15IN2O4S2/c11-19-16-4-5-7(14)8(15)6-9(17-5)18-10(12-6)13-2-1-3-13/h5-9,14-15H,1-4H2/t5?,6-,7-,8?,9-/m1/s1. The normalized spacial score (nSPS) is 41.7. The van der Waals surface area contributed by atoms with Crippen molar-refractivity contribution in [1.82, 2.24) is 4.90 Å². The molecule has 0 saturated carbocycles. The first-order chi connectivity index (χ1) is 9.20. The van der Waals surface area contributed by atoms with Gasteiger partial charge in [0.05, 0.1) is 15.8 Å². The second kappa shape index (κ2) is 6.24. The minimum atomic E-state index is -0.954. The topological polar surface area (TPSA) is 74.5 Å². The van der Waals surface area contributed by atoms with Gasteiger partial charge in [0.2, 0.25) is 0 Å². The Morgan fingerprint density at radius 1 is 1.47 bits per heavy atom. The number of thioether (sulfide) groups is 1. The summed E-state index contributed by atoms with van der Waals surface area (Å²) < 4.78 is 11.0. The first kappa shape index (κ1) is 14.7. The molecule has 9 heteroatoms. The van der Waals surface area contributed by atoms with Crippen molar-refractivity contribution in [3.8, 4) is 0 Å². The van der Waals surface area contributed by atoms with E-state index in [1.165, 1.54) is 27.4 Å². The molecule has 0 amide bonds. The largest absolute Gasteiger partial charge is 0.388 e. The highest BCUT2D eigenvalue weighted by Crippen LogP contribution is 2.38. The average Bonchev–Trinajstić information content (AvgIpc) is 2.73. The SMILES string of the molecule is OC1[C@H](O)C(COSI)O[C@@H]2SC(N3CCC3)=N[C@H]12. The van der Waals surface area contributed by atoms with E-state index in [9.17, 15) is 10.2 Å². The van der Waals surface area contributed by atoms with E-state index >= 15 is 0 Å². The maximum absolute atomic E-state index is 10.2. The molecule has 108 valence electrons. The highest BCUT2D eigenvalue weighted by molar-refractivity contribution is 14.2. The number of likely N-dealkylation sites (tertiary alicyclic amines) is 1. The monoisotopic (exact) mass is 418 g/mol. The van der Waals surface area contributed by atoms with Gasteiger partial charge in [0, 0.05) is 34.3 Å². The Balaban J connectivity index is 1.66.